The highest BCUT2D eigenvalue weighted by Crippen LogP contribution is 2.10. The van der Waals surface area contributed by atoms with E-state index >= 15 is 0 Å². The number of piperazine rings is 1. The first-order valence-corrected chi connectivity index (χ1v) is 6.73. The minimum absolute atomic E-state index is 0.0951. The fourth-order valence-corrected chi connectivity index (χ4v) is 2.44. The van der Waals surface area contributed by atoms with E-state index in [0.717, 1.165) is 32.7 Å². The molecule has 4 heteroatoms. The summed E-state index contributed by atoms with van der Waals surface area (Å²) >= 11 is 0. The first-order valence-electron chi connectivity index (χ1n) is 6.73. The number of ether oxygens (including phenoxy) is 1. The standard InChI is InChI=1S/C15H22N2O2/c1-13-4-3-5-14(10-13)11-16-6-8-17(9-7-16)15(18)12-19-2/h3-5,10H,6-9,11-12H2,1-2H3. The number of carbonyl (C=O) groups excluding carboxylic acids is 1. The maximum Gasteiger partial charge on any atom is 0.248 e. The molecule has 1 aliphatic heterocycles. The fraction of sp³-hybridized carbons (Fsp3) is 0.533. The van der Waals surface area contributed by atoms with Crippen LogP contribution >= 0.6 is 0 Å². The third-order valence-electron chi connectivity index (χ3n) is 3.48. The van der Waals surface area contributed by atoms with E-state index in [9.17, 15) is 4.79 Å². The molecule has 2 rings (SSSR count). The topological polar surface area (TPSA) is 32.8 Å². The molecule has 0 aliphatic carbocycles. The minimum Gasteiger partial charge on any atom is -0.375 e. The second-order valence-electron chi connectivity index (χ2n) is 5.08. The highest BCUT2D eigenvalue weighted by molar-refractivity contribution is 5.77. The molecule has 0 aromatic heterocycles. The van der Waals surface area contributed by atoms with Gasteiger partial charge in [-0.1, -0.05) is 29.8 Å². The normalized spacial score (nSPS) is 16.6. The van der Waals surface area contributed by atoms with E-state index in [4.69, 9.17) is 4.74 Å². The van der Waals surface area contributed by atoms with Crippen molar-refractivity contribution in [2.24, 2.45) is 0 Å². The quantitative estimate of drug-likeness (QED) is 0.819. The van der Waals surface area contributed by atoms with Gasteiger partial charge in [0.2, 0.25) is 5.91 Å². The highest BCUT2D eigenvalue weighted by Gasteiger charge is 2.20. The highest BCUT2D eigenvalue weighted by atomic mass is 16.5. The van der Waals surface area contributed by atoms with Crippen molar-refractivity contribution < 1.29 is 9.53 Å². The van der Waals surface area contributed by atoms with Gasteiger partial charge in [0.25, 0.3) is 0 Å². The Morgan fingerprint density at radius 2 is 2.00 bits per heavy atom. The van der Waals surface area contributed by atoms with Gasteiger partial charge in [-0.3, -0.25) is 9.69 Å². The monoisotopic (exact) mass is 262 g/mol. The van der Waals surface area contributed by atoms with Crippen LogP contribution in [0, 0.1) is 6.92 Å². The average Bonchev–Trinajstić information content (AvgIpc) is 2.40. The first kappa shape index (κ1) is 14.0. The summed E-state index contributed by atoms with van der Waals surface area (Å²) in [6.07, 6.45) is 0. The molecule has 104 valence electrons. The predicted octanol–water partition coefficient (Wildman–Crippen LogP) is 1.29. The van der Waals surface area contributed by atoms with Gasteiger partial charge < -0.3 is 9.64 Å². The molecular weight excluding hydrogens is 240 g/mol. The zero-order chi connectivity index (χ0) is 13.7. The van der Waals surface area contributed by atoms with Gasteiger partial charge in [0.15, 0.2) is 0 Å². The van der Waals surface area contributed by atoms with Crippen molar-refractivity contribution in [3.8, 4) is 0 Å². The lowest BCUT2D eigenvalue weighted by Gasteiger charge is -2.34. The summed E-state index contributed by atoms with van der Waals surface area (Å²) in [5.74, 6) is 0.0951. The smallest absolute Gasteiger partial charge is 0.248 e. The molecule has 0 bridgehead atoms. The van der Waals surface area contributed by atoms with Gasteiger partial charge in [0, 0.05) is 39.8 Å². The summed E-state index contributed by atoms with van der Waals surface area (Å²) in [4.78, 5) is 16.0. The first-order chi connectivity index (χ1) is 9.19. The van der Waals surface area contributed by atoms with E-state index in [0.29, 0.717) is 0 Å². The SMILES string of the molecule is COCC(=O)N1CCN(Cc2cccc(C)c2)CC1. The molecular formula is C15H22N2O2. The van der Waals surface area contributed by atoms with Gasteiger partial charge in [-0.2, -0.15) is 0 Å². The third kappa shape index (κ3) is 4.04. The molecule has 1 aromatic carbocycles. The van der Waals surface area contributed by atoms with E-state index in [1.165, 1.54) is 11.1 Å². The molecule has 0 saturated carbocycles. The maximum atomic E-state index is 11.7. The number of benzene rings is 1. The van der Waals surface area contributed by atoms with Crippen molar-refractivity contribution in [2.75, 3.05) is 39.9 Å². The van der Waals surface area contributed by atoms with Crippen molar-refractivity contribution in [3.63, 3.8) is 0 Å². The van der Waals surface area contributed by atoms with Crippen LogP contribution in [0.2, 0.25) is 0 Å². The lowest BCUT2D eigenvalue weighted by atomic mass is 10.1. The fourth-order valence-electron chi connectivity index (χ4n) is 2.44. The molecule has 0 unspecified atom stereocenters. The molecule has 0 N–H and O–H groups in total. The lowest BCUT2D eigenvalue weighted by Crippen LogP contribution is -2.49. The number of amides is 1. The zero-order valence-electron chi connectivity index (χ0n) is 11.8. The molecule has 1 aliphatic rings. The number of carbonyl (C=O) groups is 1. The number of methoxy groups -OCH3 is 1. The Morgan fingerprint density at radius 1 is 1.26 bits per heavy atom. The van der Waals surface area contributed by atoms with Crippen LogP contribution in [0.15, 0.2) is 24.3 Å². The summed E-state index contributed by atoms with van der Waals surface area (Å²) < 4.78 is 4.89. The van der Waals surface area contributed by atoms with Crippen LogP contribution in [0.1, 0.15) is 11.1 Å². The van der Waals surface area contributed by atoms with Crippen LogP contribution in [0.4, 0.5) is 0 Å². The lowest BCUT2D eigenvalue weighted by molar-refractivity contribution is -0.136. The molecule has 0 atom stereocenters. The van der Waals surface area contributed by atoms with Crippen LogP contribution in [-0.2, 0) is 16.1 Å². The Labute approximate surface area is 115 Å². The second-order valence-corrected chi connectivity index (χ2v) is 5.08. The van der Waals surface area contributed by atoms with E-state index in [1.807, 2.05) is 4.90 Å². The number of nitrogens with zero attached hydrogens (tertiary/aromatic N) is 2. The van der Waals surface area contributed by atoms with Crippen molar-refractivity contribution >= 4 is 5.91 Å². The Morgan fingerprint density at radius 3 is 2.63 bits per heavy atom. The van der Waals surface area contributed by atoms with Crippen LogP contribution in [0.5, 0.6) is 0 Å². The zero-order valence-corrected chi connectivity index (χ0v) is 11.8. The summed E-state index contributed by atoms with van der Waals surface area (Å²) in [5.41, 5.74) is 2.64. The summed E-state index contributed by atoms with van der Waals surface area (Å²) in [6, 6.07) is 8.60. The van der Waals surface area contributed by atoms with E-state index in [2.05, 4.69) is 36.1 Å². The molecule has 0 radical (unpaired) electrons. The van der Waals surface area contributed by atoms with E-state index in [1.54, 1.807) is 7.11 Å². The van der Waals surface area contributed by atoms with E-state index in [-0.39, 0.29) is 12.5 Å². The third-order valence-corrected chi connectivity index (χ3v) is 3.48. The molecule has 1 heterocycles. The van der Waals surface area contributed by atoms with Gasteiger partial charge in [0.05, 0.1) is 0 Å². The van der Waals surface area contributed by atoms with Gasteiger partial charge in [-0.25, -0.2) is 0 Å². The Balaban J connectivity index is 1.82. The minimum atomic E-state index is 0.0951. The van der Waals surface area contributed by atoms with Crippen LogP contribution in [0.3, 0.4) is 0 Å². The number of hydrogen-bond donors (Lipinski definition) is 0. The van der Waals surface area contributed by atoms with Crippen molar-refractivity contribution in [1.29, 1.82) is 0 Å². The van der Waals surface area contributed by atoms with Gasteiger partial charge in [0.1, 0.15) is 6.61 Å². The van der Waals surface area contributed by atoms with Gasteiger partial charge >= 0.3 is 0 Å². The Kier molecular flexibility index (Phi) is 4.93. The molecule has 1 aromatic rings. The van der Waals surface area contributed by atoms with Gasteiger partial charge in [-0.05, 0) is 12.5 Å². The number of rotatable bonds is 4. The van der Waals surface area contributed by atoms with Crippen LogP contribution in [-0.4, -0.2) is 55.6 Å². The maximum absolute atomic E-state index is 11.7. The molecule has 1 amide bonds. The molecule has 19 heavy (non-hydrogen) atoms. The summed E-state index contributed by atoms with van der Waals surface area (Å²) in [7, 11) is 1.56. The van der Waals surface area contributed by atoms with E-state index < -0.39 is 0 Å². The molecule has 0 spiro atoms. The average molecular weight is 262 g/mol. The van der Waals surface area contributed by atoms with Crippen molar-refractivity contribution in [3.05, 3.63) is 35.4 Å². The van der Waals surface area contributed by atoms with Crippen molar-refractivity contribution in [1.82, 2.24) is 9.80 Å². The number of hydrogen-bond acceptors (Lipinski definition) is 3. The molecule has 1 fully saturated rings. The summed E-state index contributed by atoms with van der Waals surface area (Å²) in [5, 5.41) is 0. The van der Waals surface area contributed by atoms with Crippen molar-refractivity contribution in [2.45, 2.75) is 13.5 Å². The molecule has 1 saturated heterocycles. The second kappa shape index (κ2) is 6.68. The Hall–Kier alpha value is -1.39. The predicted molar refractivity (Wildman–Crippen MR) is 74.9 cm³/mol. The summed E-state index contributed by atoms with van der Waals surface area (Å²) in [6.45, 7) is 6.74. The van der Waals surface area contributed by atoms with Crippen LogP contribution in [0.25, 0.3) is 0 Å². The van der Waals surface area contributed by atoms with Gasteiger partial charge in [-0.15, -0.1) is 0 Å². The van der Waals surface area contributed by atoms with Crippen LogP contribution < -0.4 is 0 Å². The number of aryl methyl sites for hydroxylation is 1. The molecule has 4 nitrogen and oxygen atoms in total. The Bertz CT molecular complexity index is 426. The largest absolute Gasteiger partial charge is 0.375 e.